The van der Waals surface area contributed by atoms with Crippen LogP contribution in [-0.4, -0.2) is 35.7 Å². The van der Waals surface area contributed by atoms with Gasteiger partial charge in [0.15, 0.2) is 6.61 Å². The molecule has 0 saturated carbocycles. The number of aromatic carboxylic acids is 1. The van der Waals surface area contributed by atoms with Gasteiger partial charge in [-0.25, -0.2) is 14.0 Å². The maximum atomic E-state index is 13.4. The molecule has 114 valence electrons. The van der Waals surface area contributed by atoms with Crippen molar-refractivity contribution in [2.45, 2.75) is 19.9 Å². The zero-order valence-electron chi connectivity index (χ0n) is 11.5. The summed E-state index contributed by atoms with van der Waals surface area (Å²) in [6, 6.07) is 2.30. The molecule has 3 N–H and O–H groups in total. The zero-order chi connectivity index (χ0) is 16.0. The quantitative estimate of drug-likeness (QED) is 0.756. The van der Waals surface area contributed by atoms with Crippen LogP contribution in [0.1, 0.15) is 24.2 Å². The number of imide groups is 1. The number of rotatable bonds is 5. The Morgan fingerprint density at radius 1 is 1.33 bits per heavy atom. The van der Waals surface area contributed by atoms with Crippen molar-refractivity contribution in [3.05, 3.63) is 29.6 Å². The molecule has 0 bridgehead atoms. The second-order valence-electron chi connectivity index (χ2n) is 4.41. The van der Waals surface area contributed by atoms with Gasteiger partial charge in [0.05, 0.1) is 5.56 Å². The summed E-state index contributed by atoms with van der Waals surface area (Å²) in [5.74, 6) is -3.10. The fourth-order valence-electron chi connectivity index (χ4n) is 1.37. The van der Waals surface area contributed by atoms with E-state index in [2.05, 4.69) is 5.32 Å². The van der Waals surface area contributed by atoms with Crippen molar-refractivity contribution in [1.82, 2.24) is 10.6 Å². The molecule has 0 heterocycles. The molecule has 0 aromatic heterocycles. The summed E-state index contributed by atoms with van der Waals surface area (Å²) in [6.07, 6.45) is 0. The van der Waals surface area contributed by atoms with Crippen molar-refractivity contribution < 1.29 is 28.6 Å². The number of hydrogen-bond donors (Lipinski definition) is 3. The number of nitrogens with one attached hydrogen (secondary N) is 2. The number of benzene rings is 1. The Hall–Kier alpha value is -2.64. The summed E-state index contributed by atoms with van der Waals surface area (Å²) < 4.78 is 18.3. The van der Waals surface area contributed by atoms with Gasteiger partial charge in [-0.1, -0.05) is 0 Å². The molecular formula is C13H15FN2O5. The maximum absolute atomic E-state index is 13.4. The van der Waals surface area contributed by atoms with Crippen LogP contribution in [-0.2, 0) is 4.79 Å². The van der Waals surface area contributed by atoms with E-state index in [1.54, 1.807) is 13.8 Å². The Balaban J connectivity index is 2.52. The maximum Gasteiger partial charge on any atom is 0.338 e. The normalized spacial score (nSPS) is 10.1. The number of halogens is 1. The van der Waals surface area contributed by atoms with Crippen LogP contribution < -0.4 is 15.4 Å². The van der Waals surface area contributed by atoms with Crippen LogP contribution in [0.5, 0.6) is 5.75 Å². The lowest BCUT2D eigenvalue weighted by Gasteiger charge is -2.10. The summed E-state index contributed by atoms with van der Waals surface area (Å²) in [6.45, 7) is 2.96. The number of carbonyl (C=O) groups excluding carboxylic acids is 2. The van der Waals surface area contributed by atoms with Gasteiger partial charge in [0.25, 0.3) is 5.91 Å². The first-order chi connectivity index (χ1) is 9.79. The number of urea groups is 1. The summed E-state index contributed by atoms with van der Waals surface area (Å²) in [7, 11) is 0. The highest BCUT2D eigenvalue weighted by Gasteiger charge is 2.12. The molecule has 8 heteroatoms. The van der Waals surface area contributed by atoms with Gasteiger partial charge in [-0.2, -0.15) is 0 Å². The number of carboxylic acids is 1. The summed E-state index contributed by atoms with van der Waals surface area (Å²) in [5.41, 5.74) is -0.497. The van der Waals surface area contributed by atoms with Crippen LogP contribution in [0.3, 0.4) is 0 Å². The van der Waals surface area contributed by atoms with E-state index in [1.165, 1.54) is 6.07 Å². The number of hydrogen-bond acceptors (Lipinski definition) is 4. The third kappa shape index (κ3) is 5.47. The minimum Gasteiger partial charge on any atom is -0.484 e. The summed E-state index contributed by atoms with van der Waals surface area (Å²) in [4.78, 5) is 33.2. The lowest BCUT2D eigenvalue weighted by Crippen LogP contribution is -2.44. The lowest BCUT2D eigenvalue weighted by atomic mass is 10.2. The average molecular weight is 298 g/mol. The first-order valence-electron chi connectivity index (χ1n) is 6.05. The van der Waals surface area contributed by atoms with Crippen LogP contribution in [0.2, 0.25) is 0 Å². The lowest BCUT2D eigenvalue weighted by molar-refractivity contribution is -0.122. The van der Waals surface area contributed by atoms with Crippen molar-refractivity contribution >= 4 is 17.9 Å². The average Bonchev–Trinajstić information content (AvgIpc) is 2.34. The fourth-order valence-corrected chi connectivity index (χ4v) is 1.37. The third-order valence-electron chi connectivity index (χ3n) is 2.21. The summed E-state index contributed by atoms with van der Waals surface area (Å²) >= 11 is 0. The van der Waals surface area contributed by atoms with E-state index >= 15 is 0 Å². The van der Waals surface area contributed by atoms with Gasteiger partial charge in [-0.15, -0.1) is 0 Å². The highest BCUT2D eigenvalue weighted by atomic mass is 19.1. The minimum absolute atomic E-state index is 0.0167. The Bertz CT molecular complexity index is 559. The highest BCUT2D eigenvalue weighted by molar-refractivity contribution is 5.95. The van der Waals surface area contributed by atoms with Crippen LogP contribution in [0.25, 0.3) is 0 Å². The molecule has 0 radical (unpaired) electrons. The molecule has 0 spiro atoms. The summed E-state index contributed by atoms with van der Waals surface area (Å²) in [5, 5.41) is 13.1. The number of carboxylic acid groups (broad SMARTS) is 1. The van der Waals surface area contributed by atoms with Crippen LogP contribution in [0, 0.1) is 5.82 Å². The molecule has 0 aliphatic carbocycles. The molecule has 0 aliphatic heterocycles. The smallest absolute Gasteiger partial charge is 0.338 e. The van der Waals surface area contributed by atoms with Gasteiger partial charge in [0.1, 0.15) is 11.6 Å². The van der Waals surface area contributed by atoms with E-state index < -0.39 is 35.9 Å². The van der Waals surface area contributed by atoms with Crippen molar-refractivity contribution in [2.75, 3.05) is 6.61 Å². The number of carbonyl (C=O) groups is 3. The van der Waals surface area contributed by atoms with Gasteiger partial charge >= 0.3 is 12.0 Å². The SMILES string of the molecule is CC(C)NC(=O)NC(=O)COc1ccc(C(=O)O)c(F)c1. The van der Waals surface area contributed by atoms with Gasteiger partial charge in [-0.3, -0.25) is 10.1 Å². The van der Waals surface area contributed by atoms with E-state index in [4.69, 9.17) is 9.84 Å². The Kier molecular flexibility index (Phi) is 5.65. The van der Waals surface area contributed by atoms with Crippen LogP contribution >= 0.6 is 0 Å². The predicted octanol–water partition coefficient (Wildman–Crippen LogP) is 1.14. The van der Waals surface area contributed by atoms with E-state index in [0.29, 0.717) is 0 Å². The predicted molar refractivity (Wildman–Crippen MR) is 70.7 cm³/mol. The van der Waals surface area contributed by atoms with Crippen molar-refractivity contribution in [3.8, 4) is 5.75 Å². The Morgan fingerprint density at radius 2 is 2.00 bits per heavy atom. The van der Waals surface area contributed by atoms with Gasteiger partial charge < -0.3 is 15.2 Å². The van der Waals surface area contributed by atoms with Crippen molar-refractivity contribution in [1.29, 1.82) is 0 Å². The number of amides is 3. The molecule has 0 aliphatic rings. The minimum atomic E-state index is -1.40. The molecule has 0 unspecified atom stereocenters. The molecule has 7 nitrogen and oxygen atoms in total. The molecule has 1 rings (SSSR count). The molecule has 1 aromatic rings. The fraction of sp³-hybridized carbons (Fsp3) is 0.308. The van der Waals surface area contributed by atoms with E-state index in [1.807, 2.05) is 5.32 Å². The molecule has 1 aromatic carbocycles. The molecule has 0 fully saturated rings. The van der Waals surface area contributed by atoms with E-state index in [-0.39, 0.29) is 11.8 Å². The third-order valence-corrected chi connectivity index (χ3v) is 2.21. The van der Waals surface area contributed by atoms with Gasteiger partial charge in [0.2, 0.25) is 0 Å². The molecule has 21 heavy (non-hydrogen) atoms. The van der Waals surface area contributed by atoms with Crippen LogP contribution in [0.4, 0.5) is 9.18 Å². The topological polar surface area (TPSA) is 105 Å². The second kappa shape index (κ2) is 7.22. The first-order valence-corrected chi connectivity index (χ1v) is 6.05. The highest BCUT2D eigenvalue weighted by Crippen LogP contribution is 2.16. The van der Waals surface area contributed by atoms with Crippen molar-refractivity contribution in [3.63, 3.8) is 0 Å². The standard InChI is InChI=1S/C13H15FN2O5/c1-7(2)15-13(20)16-11(17)6-21-8-3-4-9(12(18)19)10(14)5-8/h3-5,7H,6H2,1-2H3,(H,18,19)(H2,15,16,17,20). The van der Waals surface area contributed by atoms with Crippen LogP contribution in [0.15, 0.2) is 18.2 Å². The molecule has 3 amide bonds. The molecule has 0 atom stereocenters. The first kappa shape index (κ1) is 16.4. The Labute approximate surface area is 120 Å². The second-order valence-corrected chi connectivity index (χ2v) is 4.41. The Morgan fingerprint density at radius 3 is 2.52 bits per heavy atom. The number of ether oxygens (including phenoxy) is 1. The zero-order valence-corrected chi connectivity index (χ0v) is 11.5. The monoisotopic (exact) mass is 298 g/mol. The van der Waals surface area contributed by atoms with E-state index in [0.717, 1.165) is 12.1 Å². The van der Waals surface area contributed by atoms with E-state index in [9.17, 15) is 18.8 Å². The van der Waals surface area contributed by atoms with Crippen molar-refractivity contribution in [2.24, 2.45) is 0 Å². The molecular weight excluding hydrogens is 283 g/mol. The molecule has 0 saturated heterocycles. The van der Waals surface area contributed by atoms with Gasteiger partial charge in [0, 0.05) is 12.1 Å². The van der Waals surface area contributed by atoms with Gasteiger partial charge in [-0.05, 0) is 26.0 Å². The largest absolute Gasteiger partial charge is 0.484 e.